The maximum atomic E-state index is 5.40. The summed E-state index contributed by atoms with van der Waals surface area (Å²) in [4.78, 5) is 0. The molecule has 2 heterocycles. The fraction of sp³-hybridized carbons (Fsp3) is 1.00. The van der Waals surface area contributed by atoms with Crippen molar-refractivity contribution in [1.29, 1.82) is 0 Å². The lowest BCUT2D eigenvalue weighted by Crippen LogP contribution is -2.48. The van der Waals surface area contributed by atoms with E-state index in [-0.39, 0.29) is 0 Å². The quantitative estimate of drug-likeness (QED) is 0.747. The van der Waals surface area contributed by atoms with Crippen LogP contribution in [0.15, 0.2) is 0 Å². The first-order valence-electron chi connectivity index (χ1n) is 6.16. The van der Waals surface area contributed by atoms with Crippen molar-refractivity contribution in [2.45, 2.75) is 51.5 Å². The minimum Gasteiger partial charge on any atom is -0.380 e. The SMILES string of the molecule is CCCC1(CC2CCCCN2)COC1. The highest BCUT2D eigenvalue weighted by Gasteiger charge is 2.39. The molecule has 2 saturated heterocycles. The third kappa shape index (κ3) is 2.29. The molecule has 82 valence electrons. The molecule has 0 aromatic rings. The lowest BCUT2D eigenvalue weighted by Gasteiger charge is -2.44. The standard InChI is InChI=1S/C12H23NO/c1-2-6-12(9-14-10-12)8-11-5-3-4-7-13-11/h11,13H,2-10H2,1H3. The smallest absolute Gasteiger partial charge is 0.0545 e. The van der Waals surface area contributed by atoms with Crippen LogP contribution in [0.1, 0.15) is 45.4 Å². The van der Waals surface area contributed by atoms with Crippen molar-refractivity contribution < 1.29 is 4.74 Å². The number of rotatable bonds is 4. The van der Waals surface area contributed by atoms with E-state index < -0.39 is 0 Å². The van der Waals surface area contributed by atoms with E-state index in [9.17, 15) is 0 Å². The van der Waals surface area contributed by atoms with Crippen LogP contribution in [-0.4, -0.2) is 25.8 Å². The highest BCUT2D eigenvalue weighted by molar-refractivity contribution is 4.90. The first-order valence-corrected chi connectivity index (χ1v) is 6.16. The Kier molecular flexibility index (Phi) is 3.45. The second kappa shape index (κ2) is 4.63. The van der Waals surface area contributed by atoms with Gasteiger partial charge in [-0.3, -0.25) is 0 Å². The van der Waals surface area contributed by atoms with Crippen molar-refractivity contribution in [3.05, 3.63) is 0 Å². The zero-order valence-electron chi connectivity index (χ0n) is 9.35. The molecule has 0 spiro atoms. The van der Waals surface area contributed by atoms with Crippen LogP contribution < -0.4 is 5.32 Å². The van der Waals surface area contributed by atoms with E-state index >= 15 is 0 Å². The molecule has 2 nitrogen and oxygen atoms in total. The van der Waals surface area contributed by atoms with E-state index in [1.54, 1.807) is 0 Å². The van der Waals surface area contributed by atoms with Gasteiger partial charge < -0.3 is 10.1 Å². The summed E-state index contributed by atoms with van der Waals surface area (Å²) in [7, 11) is 0. The summed E-state index contributed by atoms with van der Waals surface area (Å²) < 4.78 is 5.40. The van der Waals surface area contributed by atoms with Gasteiger partial charge >= 0.3 is 0 Å². The summed E-state index contributed by atoms with van der Waals surface area (Å²) in [5.74, 6) is 0. The van der Waals surface area contributed by atoms with E-state index in [0.717, 1.165) is 19.3 Å². The summed E-state index contributed by atoms with van der Waals surface area (Å²) in [6, 6.07) is 0.777. The van der Waals surface area contributed by atoms with Crippen LogP contribution >= 0.6 is 0 Å². The molecular weight excluding hydrogens is 174 g/mol. The van der Waals surface area contributed by atoms with Crippen molar-refractivity contribution in [2.75, 3.05) is 19.8 Å². The lowest BCUT2D eigenvalue weighted by atomic mass is 9.75. The maximum absolute atomic E-state index is 5.40. The Morgan fingerprint density at radius 3 is 2.71 bits per heavy atom. The number of hydrogen-bond acceptors (Lipinski definition) is 2. The zero-order valence-corrected chi connectivity index (χ0v) is 9.35. The summed E-state index contributed by atoms with van der Waals surface area (Å²) >= 11 is 0. The third-order valence-electron chi connectivity index (χ3n) is 3.69. The lowest BCUT2D eigenvalue weighted by molar-refractivity contribution is -0.127. The third-order valence-corrected chi connectivity index (χ3v) is 3.69. The predicted octanol–water partition coefficient (Wildman–Crippen LogP) is 2.34. The molecule has 0 amide bonds. The number of hydrogen-bond donors (Lipinski definition) is 1. The highest BCUT2D eigenvalue weighted by atomic mass is 16.5. The molecule has 2 fully saturated rings. The topological polar surface area (TPSA) is 21.3 Å². The first kappa shape index (κ1) is 10.4. The molecule has 0 aliphatic carbocycles. The number of piperidine rings is 1. The van der Waals surface area contributed by atoms with Gasteiger partial charge in [0.15, 0.2) is 0 Å². The van der Waals surface area contributed by atoms with Crippen LogP contribution in [0.4, 0.5) is 0 Å². The van der Waals surface area contributed by atoms with Gasteiger partial charge in [-0.05, 0) is 32.2 Å². The van der Waals surface area contributed by atoms with Crippen LogP contribution in [0.3, 0.4) is 0 Å². The van der Waals surface area contributed by atoms with E-state index in [2.05, 4.69) is 12.2 Å². The van der Waals surface area contributed by atoms with Gasteiger partial charge in [-0.25, -0.2) is 0 Å². The van der Waals surface area contributed by atoms with Gasteiger partial charge in [-0.15, -0.1) is 0 Å². The molecule has 0 saturated carbocycles. The Balaban J connectivity index is 1.80. The van der Waals surface area contributed by atoms with Crippen molar-refractivity contribution in [3.8, 4) is 0 Å². The molecule has 1 atom stereocenters. The fourth-order valence-electron chi connectivity index (χ4n) is 2.91. The minimum absolute atomic E-state index is 0.545. The summed E-state index contributed by atoms with van der Waals surface area (Å²) in [6.45, 7) is 5.54. The van der Waals surface area contributed by atoms with Crippen LogP contribution in [0, 0.1) is 5.41 Å². The molecule has 0 aromatic heterocycles. The molecule has 2 rings (SSSR count). The van der Waals surface area contributed by atoms with Gasteiger partial charge in [0.1, 0.15) is 0 Å². The Morgan fingerprint density at radius 2 is 2.21 bits per heavy atom. The Labute approximate surface area is 87.4 Å². The van der Waals surface area contributed by atoms with E-state index in [4.69, 9.17) is 4.74 Å². The first-order chi connectivity index (χ1) is 6.85. The molecule has 2 aliphatic rings. The van der Waals surface area contributed by atoms with Gasteiger partial charge in [0.25, 0.3) is 0 Å². The number of ether oxygens (including phenoxy) is 1. The van der Waals surface area contributed by atoms with Gasteiger partial charge in [0.2, 0.25) is 0 Å². The molecule has 1 N–H and O–H groups in total. The summed E-state index contributed by atoms with van der Waals surface area (Å²) in [5, 5.41) is 3.65. The predicted molar refractivity (Wildman–Crippen MR) is 58.4 cm³/mol. The second-order valence-electron chi connectivity index (χ2n) is 5.09. The van der Waals surface area contributed by atoms with Crippen LogP contribution in [0.25, 0.3) is 0 Å². The van der Waals surface area contributed by atoms with Gasteiger partial charge in [0, 0.05) is 11.5 Å². The van der Waals surface area contributed by atoms with Crippen molar-refractivity contribution in [3.63, 3.8) is 0 Å². The second-order valence-corrected chi connectivity index (χ2v) is 5.09. The molecule has 0 radical (unpaired) electrons. The minimum atomic E-state index is 0.545. The molecule has 14 heavy (non-hydrogen) atoms. The van der Waals surface area contributed by atoms with Gasteiger partial charge in [-0.1, -0.05) is 19.8 Å². The van der Waals surface area contributed by atoms with Gasteiger partial charge in [0.05, 0.1) is 13.2 Å². The number of nitrogens with one attached hydrogen (secondary N) is 1. The molecule has 2 heteroatoms. The summed E-state index contributed by atoms with van der Waals surface area (Å²) in [6.07, 6.45) is 8.17. The van der Waals surface area contributed by atoms with Crippen LogP contribution in [0.2, 0.25) is 0 Å². The Morgan fingerprint density at radius 1 is 1.36 bits per heavy atom. The molecule has 0 aromatic carbocycles. The fourth-order valence-corrected chi connectivity index (χ4v) is 2.91. The Hall–Kier alpha value is -0.0800. The Bertz CT molecular complexity index is 171. The molecule has 2 aliphatic heterocycles. The average Bonchev–Trinajstić information content (AvgIpc) is 2.16. The van der Waals surface area contributed by atoms with Crippen LogP contribution in [0.5, 0.6) is 0 Å². The van der Waals surface area contributed by atoms with E-state index in [0.29, 0.717) is 5.41 Å². The normalized spacial score (nSPS) is 31.1. The van der Waals surface area contributed by atoms with E-state index in [1.807, 2.05) is 0 Å². The van der Waals surface area contributed by atoms with Crippen molar-refractivity contribution in [1.82, 2.24) is 5.32 Å². The van der Waals surface area contributed by atoms with E-state index in [1.165, 1.54) is 45.1 Å². The average molecular weight is 197 g/mol. The summed E-state index contributed by atoms with van der Waals surface area (Å²) in [5.41, 5.74) is 0.545. The van der Waals surface area contributed by atoms with Crippen molar-refractivity contribution in [2.24, 2.45) is 5.41 Å². The largest absolute Gasteiger partial charge is 0.380 e. The monoisotopic (exact) mass is 197 g/mol. The zero-order chi connectivity index (χ0) is 9.86. The van der Waals surface area contributed by atoms with Crippen LogP contribution in [-0.2, 0) is 4.74 Å². The van der Waals surface area contributed by atoms with Gasteiger partial charge in [-0.2, -0.15) is 0 Å². The maximum Gasteiger partial charge on any atom is 0.0545 e. The highest BCUT2D eigenvalue weighted by Crippen LogP contribution is 2.38. The molecule has 1 unspecified atom stereocenters. The molecule has 0 bridgehead atoms. The van der Waals surface area contributed by atoms with Crippen molar-refractivity contribution >= 4 is 0 Å². The molecular formula is C12H23NO.